The van der Waals surface area contributed by atoms with Gasteiger partial charge in [-0.3, -0.25) is 0 Å². The standard InChI is InChI=1S/C10H20N2O2/c1-13-7-9-3-11-5-10(9,8-14-2)6-12-4-9/h11-12H,3-8H2,1-2H3. The second kappa shape index (κ2) is 3.77. The van der Waals surface area contributed by atoms with E-state index in [0.717, 1.165) is 39.4 Å². The molecular formula is C10H20N2O2. The lowest BCUT2D eigenvalue weighted by Gasteiger charge is -2.37. The van der Waals surface area contributed by atoms with Crippen molar-refractivity contribution in [3.8, 4) is 0 Å². The van der Waals surface area contributed by atoms with E-state index in [9.17, 15) is 0 Å². The van der Waals surface area contributed by atoms with Crippen LogP contribution in [0.3, 0.4) is 0 Å². The van der Waals surface area contributed by atoms with Crippen LogP contribution in [-0.4, -0.2) is 53.6 Å². The Bertz CT molecular complexity index is 178. The predicted molar refractivity (Wildman–Crippen MR) is 54.4 cm³/mol. The molecule has 4 heteroatoms. The van der Waals surface area contributed by atoms with Crippen molar-refractivity contribution in [2.45, 2.75) is 0 Å². The molecule has 2 fully saturated rings. The number of fused-ring (bicyclic) bond motifs is 1. The van der Waals surface area contributed by atoms with Gasteiger partial charge in [-0.1, -0.05) is 0 Å². The zero-order valence-corrected chi connectivity index (χ0v) is 9.06. The molecule has 2 heterocycles. The van der Waals surface area contributed by atoms with Gasteiger partial charge >= 0.3 is 0 Å². The van der Waals surface area contributed by atoms with Crippen molar-refractivity contribution >= 4 is 0 Å². The number of ether oxygens (including phenoxy) is 2. The highest BCUT2D eigenvalue weighted by molar-refractivity contribution is 5.12. The lowest BCUT2D eigenvalue weighted by molar-refractivity contribution is -0.00741. The number of hydrogen-bond acceptors (Lipinski definition) is 4. The van der Waals surface area contributed by atoms with Gasteiger partial charge in [-0.2, -0.15) is 0 Å². The highest BCUT2D eigenvalue weighted by Crippen LogP contribution is 2.46. The Kier molecular flexibility index (Phi) is 2.79. The monoisotopic (exact) mass is 200 g/mol. The van der Waals surface area contributed by atoms with Crippen molar-refractivity contribution in [3.05, 3.63) is 0 Å². The summed E-state index contributed by atoms with van der Waals surface area (Å²) >= 11 is 0. The SMILES string of the molecule is COCC12CNCC1(COC)CNC2. The van der Waals surface area contributed by atoms with Gasteiger partial charge in [-0.05, 0) is 0 Å². The van der Waals surface area contributed by atoms with Crippen LogP contribution in [0.5, 0.6) is 0 Å². The molecule has 14 heavy (non-hydrogen) atoms. The van der Waals surface area contributed by atoms with Gasteiger partial charge in [-0.25, -0.2) is 0 Å². The molecule has 0 radical (unpaired) electrons. The molecule has 2 aliphatic rings. The van der Waals surface area contributed by atoms with Gasteiger partial charge in [0.25, 0.3) is 0 Å². The smallest absolute Gasteiger partial charge is 0.0550 e. The first-order valence-electron chi connectivity index (χ1n) is 5.18. The molecule has 0 aromatic carbocycles. The van der Waals surface area contributed by atoms with Gasteiger partial charge in [0.1, 0.15) is 0 Å². The molecule has 0 atom stereocenters. The van der Waals surface area contributed by atoms with Gasteiger partial charge in [-0.15, -0.1) is 0 Å². The van der Waals surface area contributed by atoms with Gasteiger partial charge < -0.3 is 20.1 Å². The van der Waals surface area contributed by atoms with Crippen molar-refractivity contribution in [1.82, 2.24) is 10.6 Å². The quantitative estimate of drug-likeness (QED) is 0.639. The number of methoxy groups -OCH3 is 2. The summed E-state index contributed by atoms with van der Waals surface area (Å²) in [6.07, 6.45) is 0. The third-order valence-electron chi connectivity index (χ3n) is 3.82. The van der Waals surface area contributed by atoms with Crippen LogP contribution in [-0.2, 0) is 9.47 Å². The Hall–Kier alpha value is -0.160. The molecule has 2 rings (SSSR count). The van der Waals surface area contributed by atoms with Crippen LogP contribution in [0.15, 0.2) is 0 Å². The predicted octanol–water partition coefficient (Wildman–Crippen LogP) is -0.542. The van der Waals surface area contributed by atoms with E-state index in [-0.39, 0.29) is 10.8 Å². The normalized spacial score (nSPS) is 41.6. The summed E-state index contributed by atoms with van der Waals surface area (Å²) < 4.78 is 10.7. The minimum absolute atomic E-state index is 0.234. The van der Waals surface area contributed by atoms with Crippen molar-refractivity contribution in [3.63, 3.8) is 0 Å². The molecule has 0 spiro atoms. The van der Waals surface area contributed by atoms with Crippen LogP contribution in [0, 0.1) is 10.8 Å². The Balaban J connectivity index is 2.19. The molecule has 0 unspecified atom stereocenters. The zero-order chi connectivity index (χ0) is 10.1. The highest BCUT2D eigenvalue weighted by Gasteiger charge is 2.58. The third kappa shape index (κ3) is 1.29. The molecule has 2 saturated heterocycles. The summed E-state index contributed by atoms with van der Waals surface area (Å²) in [4.78, 5) is 0. The van der Waals surface area contributed by atoms with E-state index in [2.05, 4.69) is 10.6 Å². The molecule has 0 saturated carbocycles. The molecule has 0 aromatic rings. The van der Waals surface area contributed by atoms with Gasteiger partial charge in [0.2, 0.25) is 0 Å². The van der Waals surface area contributed by atoms with Gasteiger partial charge in [0.15, 0.2) is 0 Å². The summed E-state index contributed by atoms with van der Waals surface area (Å²) in [5.41, 5.74) is 0.468. The first-order valence-corrected chi connectivity index (χ1v) is 5.18. The van der Waals surface area contributed by atoms with E-state index in [1.807, 2.05) is 0 Å². The summed E-state index contributed by atoms with van der Waals surface area (Å²) in [5, 5.41) is 6.95. The molecule has 0 amide bonds. The zero-order valence-electron chi connectivity index (χ0n) is 9.06. The fourth-order valence-electron chi connectivity index (χ4n) is 3.02. The van der Waals surface area contributed by atoms with Crippen LogP contribution in [0.25, 0.3) is 0 Å². The Morgan fingerprint density at radius 2 is 1.21 bits per heavy atom. The maximum atomic E-state index is 5.37. The minimum atomic E-state index is 0.234. The molecule has 4 nitrogen and oxygen atoms in total. The first kappa shape index (κ1) is 10.4. The Labute approximate surface area is 85.3 Å². The van der Waals surface area contributed by atoms with Crippen LogP contribution >= 0.6 is 0 Å². The Morgan fingerprint density at radius 3 is 1.50 bits per heavy atom. The summed E-state index contributed by atoms with van der Waals surface area (Å²) in [6, 6.07) is 0. The van der Waals surface area contributed by atoms with Crippen LogP contribution in [0.4, 0.5) is 0 Å². The molecule has 0 aliphatic carbocycles. The fraction of sp³-hybridized carbons (Fsp3) is 1.00. The molecule has 82 valence electrons. The third-order valence-corrected chi connectivity index (χ3v) is 3.82. The molecule has 2 aliphatic heterocycles. The van der Waals surface area contributed by atoms with Crippen LogP contribution in [0.1, 0.15) is 0 Å². The van der Waals surface area contributed by atoms with E-state index < -0.39 is 0 Å². The van der Waals surface area contributed by atoms with E-state index in [4.69, 9.17) is 9.47 Å². The molecular weight excluding hydrogens is 180 g/mol. The number of hydrogen-bond donors (Lipinski definition) is 2. The van der Waals surface area contributed by atoms with E-state index in [1.165, 1.54) is 0 Å². The van der Waals surface area contributed by atoms with E-state index in [0.29, 0.717) is 0 Å². The second-order valence-electron chi connectivity index (χ2n) is 4.63. The fourth-order valence-corrected chi connectivity index (χ4v) is 3.02. The number of rotatable bonds is 4. The van der Waals surface area contributed by atoms with Crippen LogP contribution < -0.4 is 10.6 Å². The molecule has 2 N–H and O–H groups in total. The van der Waals surface area contributed by atoms with E-state index >= 15 is 0 Å². The van der Waals surface area contributed by atoms with Crippen LogP contribution in [0.2, 0.25) is 0 Å². The second-order valence-corrected chi connectivity index (χ2v) is 4.63. The number of nitrogens with one attached hydrogen (secondary N) is 2. The topological polar surface area (TPSA) is 42.5 Å². The van der Waals surface area contributed by atoms with Crippen molar-refractivity contribution in [2.24, 2.45) is 10.8 Å². The highest BCUT2D eigenvalue weighted by atomic mass is 16.5. The maximum Gasteiger partial charge on any atom is 0.0550 e. The summed E-state index contributed by atoms with van der Waals surface area (Å²) in [6.45, 7) is 5.79. The average molecular weight is 200 g/mol. The largest absolute Gasteiger partial charge is 0.384 e. The molecule has 0 aromatic heterocycles. The van der Waals surface area contributed by atoms with E-state index in [1.54, 1.807) is 14.2 Å². The minimum Gasteiger partial charge on any atom is -0.384 e. The maximum absolute atomic E-state index is 5.37. The lowest BCUT2D eigenvalue weighted by Crippen LogP contribution is -2.46. The molecule has 0 bridgehead atoms. The first-order chi connectivity index (χ1) is 6.79. The summed E-state index contributed by atoms with van der Waals surface area (Å²) in [5.74, 6) is 0. The van der Waals surface area contributed by atoms with Gasteiger partial charge in [0, 0.05) is 51.2 Å². The Morgan fingerprint density at radius 1 is 0.857 bits per heavy atom. The summed E-state index contributed by atoms with van der Waals surface area (Å²) in [7, 11) is 3.56. The van der Waals surface area contributed by atoms with Crippen molar-refractivity contribution in [1.29, 1.82) is 0 Å². The average Bonchev–Trinajstić information content (AvgIpc) is 2.60. The van der Waals surface area contributed by atoms with Gasteiger partial charge in [0.05, 0.1) is 13.2 Å². The van der Waals surface area contributed by atoms with Crippen molar-refractivity contribution in [2.75, 3.05) is 53.6 Å². The lowest BCUT2D eigenvalue weighted by atomic mass is 9.69. The van der Waals surface area contributed by atoms with Crippen molar-refractivity contribution < 1.29 is 9.47 Å².